The fourth-order valence-electron chi connectivity index (χ4n) is 1.82. The molecule has 0 spiro atoms. The first-order valence-corrected chi connectivity index (χ1v) is 7.15. The van der Waals surface area contributed by atoms with Crippen molar-refractivity contribution in [1.82, 2.24) is 4.98 Å². The van der Waals surface area contributed by atoms with Crippen LogP contribution in [0.3, 0.4) is 0 Å². The van der Waals surface area contributed by atoms with E-state index in [-0.39, 0.29) is 5.54 Å². The van der Waals surface area contributed by atoms with Gasteiger partial charge in [-0.2, -0.15) is 0 Å². The Morgan fingerprint density at radius 3 is 2.56 bits per heavy atom. The third kappa shape index (κ3) is 4.22. The summed E-state index contributed by atoms with van der Waals surface area (Å²) < 4.78 is 0. The van der Waals surface area contributed by atoms with Crippen LogP contribution >= 0.6 is 11.3 Å². The monoisotopic (exact) mass is 240 g/mol. The molecule has 1 heterocycles. The largest absolute Gasteiger partial charge is 0.320 e. The van der Waals surface area contributed by atoms with Crippen molar-refractivity contribution in [1.29, 1.82) is 0 Å². The Balaban J connectivity index is 2.34. The Morgan fingerprint density at radius 2 is 2.00 bits per heavy atom. The second kappa shape index (κ2) is 6.36. The van der Waals surface area contributed by atoms with E-state index in [1.165, 1.54) is 32.1 Å². The molecule has 92 valence electrons. The molecular formula is C13H24N2S. The zero-order chi connectivity index (χ0) is 12.0. The van der Waals surface area contributed by atoms with Crippen molar-refractivity contribution in [2.75, 3.05) is 0 Å². The summed E-state index contributed by atoms with van der Waals surface area (Å²) in [6.07, 6.45) is 7.53. The maximum absolute atomic E-state index is 6.31. The molecule has 1 aromatic rings. The molecule has 0 fully saturated rings. The highest BCUT2D eigenvalue weighted by Gasteiger charge is 2.23. The number of unbranched alkanes of at least 4 members (excludes halogenated alkanes) is 4. The Hall–Kier alpha value is -0.410. The van der Waals surface area contributed by atoms with Crippen molar-refractivity contribution in [3.63, 3.8) is 0 Å². The highest BCUT2D eigenvalue weighted by molar-refractivity contribution is 7.09. The molecule has 0 saturated heterocycles. The van der Waals surface area contributed by atoms with E-state index in [4.69, 9.17) is 5.73 Å². The normalized spacial score (nSPS) is 15.0. The molecule has 16 heavy (non-hydrogen) atoms. The van der Waals surface area contributed by atoms with Gasteiger partial charge >= 0.3 is 0 Å². The smallest absolute Gasteiger partial charge is 0.112 e. The van der Waals surface area contributed by atoms with Crippen LogP contribution in [0.4, 0.5) is 0 Å². The van der Waals surface area contributed by atoms with Crippen LogP contribution in [-0.2, 0) is 5.54 Å². The lowest BCUT2D eigenvalue weighted by molar-refractivity contribution is 0.420. The summed E-state index contributed by atoms with van der Waals surface area (Å²) in [5.41, 5.74) is 7.17. The SMILES string of the molecule is CCCCCCCC(C)(N)c1nc(C)cs1. The summed E-state index contributed by atoms with van der Waals surface area (Å²) in [5.74, 6) is 0. The van der Waals surface area contributed by atoms with Crippen LogP contribution in [0, 0.1) is 6.92 Å². The molecule has 1 unspecified atom stereocenters. The van der Waals surface area contributed by atoms with E-state index in [0.717, 1.165) is 17.1 Å². The second-order valence-electron chi connectivity index (χ2n) is 4.88. The van der Waals surface area contributed by atoms with E-state index in [9.17, 15) is 0 Å². The van der Waals surface area contributed by atoms with E-state index in [2.05, 4.69) is 24.2 Å². The quantitative estimate of drug-likeness (QED) is 0.732. The molecule has 0 aliphatic rings. The van der Waals surface area contributed by atoms with Crippen molar-refractivity contribution in [3.8, 4) is 0 Å². The van der Waals surface area contributed by atoms with E-state index >= 15 is 0 Å². The standard InChI is InChI=1S/C13H24N2S/c1-4-5-6-7-8-9-13(3,14)12-15-11(2)10-16-12/h10H,4-9,14H2,1-3H3. The maximum atomic E-state index is 6.31. The van der Waals surface area contributed by atoms with Gasteiger partial charge in [-0.1, -0.05) is 39.0 Å². The first-order valence-electron chi connectivity index (χ1n) is 6.28. The fourth-order valence-corrected chi connectivity index (χ4v) is 2.72. The number of hydrogen-bond acceptors (Lipinski definition) is 3. The van der Waals surface area contributed by atoms with Gasteiger partial charge < -0.3 is 5.73 Å². The number of aromatic nitrogens is 1. The average molecular weight is 240 g/mol. The van der Waals surface area contributed by atoms with Crippen LogP contribution in [-0.4, -0.2) is 4.98 Å². The van der Waals surface area contributed by atoms with Crippen LogP contribution in [0.5, 0.6) is 0 Å². The lowest BCUT2D eigenvalue weighted by Gasteiger charge is -2.21. The van der Waals surface area contributed by atoms with Crippen molar-refractivity contribution in [2.24, 2.45) is 5.73 Å². The maximum Gasteiger partial charge on any atom is 0.112 e. The molecule has 0 amide bonds. The molecule has 0 bridgehead atoms. The summed E-state index contributed by atoms with van der Waals surface area (Å²) in [5, 5.41) is 3.16. The third-order valence-electron chi connectivity index (χ3n) is 2.91. The third-order valence-corrected chi connectivity index (χ3v) is 4.15. The molecule has 2 nitrogen and oxygen atoms in total. The molecule has 0 aliphatic heterocycles. The number of nitrogens with two attached hydrogens (primary N) is 1. The van der Waals surface area contributed by atoms with Gasteiger partial charge in [-0.25, -0.2) is 4.98 Å². The van der Waals surface area contributed by atoms with Gasteiger partial charge in [0.05, 0.1) is 5.54 Å². The molecule has 3 heteroatoms. The van der Waals surface area contributed by atoms with E-state index in [0.29, 0.717) is 0 Å². The number of nitrogens with zero attached hydrogens (tertiary/aromatic N) is 1. The fraction of sp³-hybridized carbons (Fsp3) is 0.769. The summed E-state index contributed by atoms with van der Waals surface area (Å²) in [6, 6.07) is 0. The van der Waals surface area contributed by atoms with Gasteiger partial charge in [0.1, 0.15) is 5.01 Å². The van der Waals surface area contributed by atoms with Crippen LogP contribution in [0.1, 0.15) is 63.1 Å². The van der Waals surface area contributed by atoms with Gasteiger partial charge in [-0.3, -0.25) is 0 Å². The van der Waals surface area contributed by atoms with Crippen LogP contribution in [0.15, 0.2) is 5.38 Å². The number of rotatable bonds is 7. The highest BCUT2D eigenvalue weighted by atomic mass is 32.1. The van der Waals surface area contributed by atoms with E-state index in [1.54, 1.807) is 11.3 Å². The van der Waals surface area contributed by atoms with Crippen LogP contribution in [0.25, 0.3) is 0 Å². The molecule has 1 aromatic heterocycles. The minimum Gasteiger partial charge on any atom is -0.320 e. The Labute approximate surface area is 103 Å². The van der Waals surface area contributed by atoms with Crippen LogP contribution in [0.2, 0.25) is 0 Å². The summed E-state index contributed by atoms with van der Waals surface area (Å²) in [7, 11) is 0. The van der Waals surface area contributed by atoms with Gasteiger partial charge in [0, 0.05) is 11.1 Å². The molecular weight excluding hydrogens is 216 g/mol. The van der Waals surface area contributed by atoms with Crippen LogP contribution < -0.4 is 5.73 Å². The van der Waals surface area contributed by atoms with Gasteiger partial charge in [0.15, 0.2) is 0 Å². The van der Waals surface area contributed by atoms with Crippen molar-refractivity contribution < 1.29 is 0 Å². The zero-order valence-corrected chi connectivity index (χ0v) is 11.6. The molecule has 1 atom stereocenters. The number of aryl methyl sites for hydroxylation is 1. The Morgan fingerprint density at radius 1 is 1.31 bits per heavy atom. The second-order valence-corrected chi connectivity index (χ2v) is 5.73. The molecule has 0 radical (unpaired) electrons. The molecule has 0 aromatic carbocycles. The molecule has 2 N–H and O–H groups in total. The minimum atomic E-state index is -0.231. The summed E-state index contributed by atoms with van der Waals surface area (Å²) >= 11 is 1.69. The topological polar surface area (TPSA) is 38.9 Å². The van der Waals surface area contributed by atoms with Gasteiger partial charge in [-0.15, -0.1) is 11.3 Å². The summed E-state index contributed by atoms with van der Waals surface area (Å²) in [4.78, 5) is 4.49. The highest BCUT2D eigenvalue weighted by Crippen LogP contribution is 2.27. The molecule has 1 rings (SSSR count). The number of hydrogen-bond donors (Lipinski definition) is 1. The lowest BCUT2D eigenvalue weighted by Crippen LogP contribution is -2.32. The van der Waals surface area contributed by atoms with Gasteiger partial charge in [-0.05, 0) is 20.3 Å². The lowest BCUT2D eigenvalue weighted by atomic mass is 9.96. The Kier molecular flexibility index (Phi) is 5.42. The van der Waals surface area contributed by atoms with Gasteiger partial charge in [0.2, 0.25) is 0 Å². The van der Waals surface area contributed by atoms with Gasteiger partial charge in [0.25, 0.3) is 0 Å². The molecule has 0 saturated carbocycles. The average Bonchev–Trinajstić information content (AvgIpc) is 2.65. The number of thiazole rings is 1. The first kappa shape index (κ1) is 13.7. The van der Waals surface area contributed by atoms with Crippen molar-refractivity contribution >= 4 is 11.3 Å². The first-order chi connectivity index (χ1) is 7.56. The van der Waals surface area contributed by atoms with Crippen molar-refractivity contribution in [3.05, 3.63) is 16.1 Å². The predicted molar refractivity (Wildman–Crippen MR) is 71.8 cm³/mol. The predicted octanol–water partition coefficient (Wildman–Crippen LogP) is 3.99. The Bertz CT molecular complexity index is 305. The zero-order valence-electron chi connectivity index (χ0n) is 10.8. The van der Waals surface area contributed by atoms with E-state index in [1.807, 2.05) is 6.92 Å². The van der Waals surface area contributed by atoms with E-state index < -0.39 is 0 Å². The minimum absolute atomic E-state index is 0.231. The van der Waals surface area contributed by atoms with Crippen molar-refractivity contribution in [2.45, 2.75) is 64.8 Å². The molecule has 0 aliphatic carbocycles. The summed E-state index contributed by atoms with van der Waals surface area (Å²) in [6.45, 7) is 6.37.